The number of benzene rings is 1. The Morgan fingerprint density at radius 3 is 2.71 bits per heavy atom. The van der Waals surface area contributed by atoms with Gasteiger partial charge in [0.25, 0.3) is 0 Å². The molecule has 1 heterocycles. The zero-order chi connectivity index (χ0) is 12.4. The number of nitrogens with zero attached hydrogens (tertiary/aromatic N) is 2. The van der Waals surface area contributed by atoms with Crippen LogP contribution in [0.15, 0.2) is 28.7 Å². The van der Waals surface area contributed by atoms with Gasteiger partial charge in [-0.15, -0.1) is 0 Å². The van der Waals surface area contributed by atoms with Crippen LogP contribution in [0.3, 0.4) is 0 Å². The lowest BCUT2D eigenvalue weighted by molar-refractivity contribution is 0.621. The van der Waals surface area contributed by atoms with Crippen LogP contribution in [0.25, 0.3) is 11.4 Å². The maximum Gasteiger partial charge on any atom is 0.161 e. The number of aromatic nitrogens is 2. The highest BCUT2D eigenvalue weighted by Gasteiger charge is 2.07. The molecule has 5 heteroatoms. The molecule has 3 nitrogen and oxygen atoms in total. The molecule has 0 spiro atoms. The maximum atomic E-state index is 13.1. The minimum Gasteiger partial charge on any atom is -0.384 e. The molecule has 88 valence electrons. The number of nitrogens with two attached hydrogens (primary N) is 1. The summed E-state index contributed by atoms with van der Waals surface area (Å²) in [5.41, 5.74) is 7.31. The number of rotatable bonds is 2. The second-order valence-corrected chi connectivity index (χ2v) is 4.44. The van der Waals surface area contributed by atoms with Crippen LogP contribution in [0, 0.1) is 5.82 Å². The summed E-state index contributed by atoms with van der Waals surface area (Å²) in [6.45, 7) is 1.99. The molecule has 0 unspecified atom stereocenters. The summed E-state index contributed by atoms with van der Waals surface area (Å²) in [5, 5.41) is 0. The van der Waals surface area contributed by atoms with Crippen molar-refractivity contribution in [3.8, 4) is 11.4 Å². The molecule has 1 aromatic heterocycles. The summed E-state index contributed by atoms with van der Waals surface area (Å²) in [7, 11) is 0. The minimum absolute atomic E-state index is 0.312. The molecular formula is C12H11BrFN3. The van der Waals surface area contributed by atoms with Gasteiger partial charge in [0, 0.05) is 17.3 Å². The van der Waals surface area contributed by atoms with Crippen LogP contribution in [0.2, 0.25) is 0 Å². The lowest BCUT2D eigenvalue weighted by Crippen LogP contribution is -1.99. The van der Waals surface area contributed by atoms with Crippen molar-refractivity contribution >= 4 is 21.7 Å². The van der Waals surface area contributed by atoms with Crippen molar-refractivity contribution in [3.05, 3.63) is 40.2 Å². The maximum absolute atomic E-state index is 13.1. The summed E-state index contributed by atoms with van der Waals surface area (Å²) in [5.74, 6) is 0.628. The van der Waals surface area contributed by atoms with Gasteiger partial charge >= 0.3 is 0 Å². The van der Waals surface area contributed by atoms with Crippen molar-refractivity contribution in [2.75, 3.05) is 5.73 Å². The summed E-state index contributed by atoms with van der Waals surface area (Å²) in [6, 6.07) is 6.39. The van der Waals surface area contributed by atoms with Gasteiger partial charge in [-0.2, -0.15) is 0 Å². The lowest BCUT2D eigenvalue weighted by Gasteiger charge is -2.05. The average Bonchev–Trinajstić information content (AvgIpc) is 2.32. The van der Waals surface area contributed by atoms with Crippen LogP contribution in [-0.2, 0) is 6.42 Å². The molecule has 2 N–H and O–H groups in total. The molecule has 0 aliphatic rings. The van der Waals surface area contributed by atoms with E-state index in [-0.39, 0.29) is 5.82 Å². The van der Waals surface area contributed by atoms with E-state index < -0.39 is 0 Å². The normalized spacial score (nSPS) is 10.5. The van der Waals surface area contributed by atoms with E-state index in [4.69, 9.17) is 5.73 Å². The quantitative estimate of drug-likeness (QED) is 0.926. The molecular weight excluding hydrogens is 285 g/mol. The first-order valence-corrected chi connectivity index (χ1v) is 5.98. The van der Waals surface area contributed by atoms with Gasteiger partial charge in [0.2, 0.25) is 0 Å². The van der Waals surface area contributed by atoms with Crippen molar-refractivity contribution < 1.29 is 4.39 Å². The van der Waals surface area contributed by atoms with E-state index in [1.807, 2.05) is 6.92 Å². The summed E-state index contributed by atoms with van der Waals surface area (Å²) < 4.78 is 13.5. The molecule has 0 fully saturated rings. The van der Waals surface area contributed by atoms with Crippen LogP contribution in [0.1, 0.15) is 12.6 Å². The zero-order valence-electron chi connectivity index (χ0n) is 9.24. The van der Waals surface area contributed by atoms with E-state index in [0.717, 1.165) is 17.7 Å². The van der Waals surface area contributed by atoms with E-state index in [0.29, 0.717) is 16.1 Å². The Morgan fingerprint density at radius 1 is 1.29 bits per heavy atom. The third-order valence-electron chi connectivity index (χ3n) is 2.34. The molecule has 17 heavy (non-hydrogen) atoms. The predicted octanol–water partition coefficient (Wildman–Crippen LogP) is 3.19. The van der Waals surface area contributed by atoms with Crippen LogP contribution in [0.5, 0.6) is 0 Å². The fraction of sp³-hybridized carbons (Fsp3) is 0.167. The highest BCUT2D eigenvalue weighted by Crippen LogP contribution is 2.23. The lowest BCUT2D eigenvalue weighted by atomic mass is 10.2. The van der Waals surface area contributed by atoms with Gasteiger partial charge < -0.3 is 5.73 Å². The van der Waals surface area contributed by atoms with Gasteiger partial charge in [0.15, 0.2) is 5.82 Å². The van der Waals surface area contributed by atoms with Gasteiger partial charge in [-0.3, -0.25) is 0 Å². The molecule has 1 aromatic carbocycles. The second kappa shape index (κ2) is 4.79. The number of halogens is 2. The number of aryl methyl sites for hydroxylation is 1. The van der Waals surface area contributed by atoms with Crippen molar-refractivity contribution in [3.63, 3.8) is 0 Å². The van der Waals surface area contributed by atoms with Gasteiger partial charge in [0.05, 0.1) is 4.47 Å². The van der Waals surface area contributed by atoms with E-state index in [1.54, 1.807) is 18.2 Å². The Bertz CT molecular complexity index is 557. The summed E-state index contributed by atoms with van der Waals surface area (Å²) in [4.78, 5) is 8.50. The largest absolute Gasteiger partial charge is 0.384 e. The van der Waals surface area contributed by atoms with E-state index in [2.05, 4.69) is 25.9 Å². The Morgan fingerprint density at radius 2 is 2.06 bits per heavy atom. The van der Waals surface area contributed by atoms with E-state index >= 15 is 0 Å². The first-order chi connectivity index (χ1) is 8.10. The Kier molecular flexibility index (Phi) is 3.38. The van der Waals surface area contributed by atoms with Crippen LogP contribution >= 0.6 is 15.9 Å². The molecule has 0 radical (unpaired) electrons. The van der Waals surface area contributed by atoms with Crippen LogP contribution in [-0.4, -0.2) is 9.97 Å². The first-order valence-electron chi connectivity index (χ1n) is 5.19. The monoisotopic (exact) mass is 295 g/mol. The molecule has 0 aliphatic carbocycles. The van der Waals surface area contributed by atoms with Gasteiger partial charge in [0.1, 0.15) is 11.6 Å². The van der Waals surface area contributed by atoms with E-state index in [1.165, 1.54) is 6.07 Å². The molecule has 0 saturated carbocycles. The number of anilines is 1. The fourth-order valence-corrected chi connectivity index (χ4v) is 1.84. The summed E-state index contributed by atoms with van der Waals surface area (Å²) in [6.07, 6.45) is 0.780. The Labute approximate surface area is 107 Å². The Hall–Kier alpha value is -1.49. The zero-order valence-corrected chi connectivity index (χ0v) is 10.8. The van der Waals surface area contributed by atoms with Crippen LogP contribution in [0.4, 0.5) is 10.2 Å². The number of nitrogen functional groups attached to an aromatic ring is 1. The first kappa shape index (κ1) is 12.0. The van der Waals surface area contributed by atoms with Crippen molar-refractivity contribution in [2.24, 2.45) is 0 Å². The summed E-state index contributed by atoms with van der Waals surface area (Å²) >= 11 is 3.14. The fourth-order valence-electron chi connectivity index (χ4n) is 1.46. The highest BCUT2D eigenvalue weighted by atomic mass is 79.9. The number of hydrogen-bond donors (Lipinski definition) is 1. The molecule has 0 saturated heterocycles. The molecule has 0 bridgehead atoms. The van der Waals surface area contributed by atoms with Crippen molar-refractivity contribution in [1.29, 1.82) is 0 Å². The smallest absolute Gasteiger partial charge is 0.161 e. The van der Waals surface area contributed by atoms with Crippen molar-refractivity contribution in [1.82, 2.24) is 9.97 Å². The van der Waals surface area contributed by atoms with Crippen molar-refractivity contribution in [2.45, 2.75) is 13.3 Å². The van der Waals surface area contributed by atoms with E-state index in [9.17, 15) is 4.39 Å². The van der Waals surface area contributed by atoms with Gasteiger partial charge in [-0.25, -0.2) is 14.4 Å². The molecule has 2 rings (SSSR count). The van der Waals surface area contributed by atoms with Crippen LogP contribution < -0.4 is 5.73 Å². The third kappa shape index (κ3) is 2.61. The number of hydrogen-bond acceptors (Lipinski definition) is 3. The average molecular weight is 296 g/mol. The predicted molar refractivity (Wildman–Crippen MR) is 68.9 cm³/mol. The van der Waals surface area contributed by atoms with Gasteiger partial charge in [-0.1, -0.05) is 6.92 Å². The third-order valence-corrected chi connectivity index (χ3v) is 2.95. The SMILES string of the molecule is CCc1cc(N)nc(-c2ccc(F)c(Br)c2)n1. The minimum atomic E-state index is -0.312. The molecule has 0 amide bonds. The molecule has 0 aliphatic heterocycles. The van der Waals surface area contributed by atoms with Gasteiger partial charge in [-0.05, 0) is 40.5 Å². The molecule has 0 atom stereocenters. The standard InChI is InChI=1S/C12H11BrFN3/c1-2-8-6-11(15)17-12(16-8)7-3-4-10(14)9(13)5-7/h3-6H,2H2,1H3,(H2,15,16,17). The molecule has 2 aromatic rings. The topological polar surface area (TPSA) is 51.8 Å². The Balaban J connectivity index is 2.52. The second-order valence-electron chi connectivity index (χ2n) is 3.59. The highest BCUT2D eigenvalue weighted by molar-refractivity contribution is 9.10.